The maximum Gasteiger partial charge on any atom is 0.236 e. The van der Waals surface area contributed by atoms with Gasteiger partial charge in [-0.2, -0.15) is 0 Å². The molecule has 5 rings (SSSR count). The normalized spacial score (nSPS) is 22.3. The first-order valence-electron chi connectivity index (χ1n) is 11.4. The van der Waals surface area contributed by atoms with Gasteiger partial charge in [-0.25, -0.2) is 0 Å². The van der Waals surface area contributed by atoms with Gasteiger partial charge in [-0.15, -0.1) is 24.8 Å². The van der Waals surface area contributed by atoms with Crippen molar-refractivity contribution in [2.75, 3.05) is 39.8 Å². The lowest BCUT2D eigenvalue weighted by atomic mass is 9.96. The lowest BCUT2D eigenvalue weighted by Crippen LogP contribution is -2.51. The Hall–Kier alpha value is -2.11. The SMILES string of the molecule is CN1CCN(C(=O)CN[C@]2(Cc3ccc4ccccc4c3)C[C@H]2c2ccccc2)CC1.Cl.Cl. The van der Waals surface area contributed by atoms with Gasteiger partial charge in [0.2, 0.25) is 5.91 Å². The van der Waals surface area contributed by atoms with Crippen LogP contribution < -0.4 is 5.32 Å². The van der Waals surface area contributed by atoms with Gasteiger partial charge in [0, 0.05) is 37.6 Å². The molecule has 1 aliphatic carbocycles. The first-order chi connectivity index (χ1) is 15.1. The zero-order chi connectivity index (χ0) is 21.3. The van der Waals surface area contributed by atoms with Gasteiger partial charge >= 0.3 is 0 Å². The molecule has 0 radical (unpaired) electrons. The Balaban J connectivity index is 0.00000153. The van der Waals surface area contributed by atoms with Crippen molar-refractivity contribution >= 4 is 41.5 Å². The molecule has 2 atom stereocenters. The van der Waals surface area contributed by atoms with Gasteiger partial charge in [0.1, 0.15) is 0 Å². The minimum Gasteiger partial charge on any atom is -0.339 e. The average Bonchev–Trinajstić information content (AvgIpc) is 3.52. The second-order valence-corrected chi connectivity index (χ2v) is 9.22. The predicted molar refractivity (Wildman–Crippen MR) is 141 cm³/mol. The smallest absolute Gasteiger partial charge is 0.236 e. The van der Waals surface area contributed by atoms with E-state index in [0.29, 0.717) is 12.5 Å². The molecular formula is C27H33Cl2N3O. The first-order valence-corrected chi connectivity index (χ1v) is 11.4. The van der Waals surface area contributed by atoms with E-state index in [1.165, 1.54) is 21.9 Å². The fourth-order valence-electron chi connectivity index (χ4n) is 5.01. The Labute approximate surface area is 209 Å². The van der Waals surface area contributed by atoms with Gasteiger partial charge in [-0.3, -0.25) is 4.79 Å². The highest BCUT2D eigenvalue weighted by molar-refractivity contribution is 5.85. The van der Waals surface area contributed by atoms with Crippen LogP contribution in [0.1, 0.15) is 23.5 Å². The standard InChI is InChI=1S/C27H31N3O.2ClH/c1-29-13-15-30(16-14-29)26(31)20-28-27(19-25(27)23-8-3-2-4-9-23)18-21-11-12-22-7-5-6-10-24(22)17-21;;/h2-12,17,25,28H,13-16,18-20H2,1H3;2*1H/t25-,27+;;/m0../s1. The van der Waals surface area contributed by atoms with Crippen LogP contribution in [0, 0.1) is 0 Å². The van der Waals surface area contributed by atoms with Crippen LogP contribution in [0.3, 0.4) is 0 Å². The second-order valence-electron chi connectivity index (χ2n) is 9.22. The maximum atomic E-state index is 12.9. The first kappa shape index (κ1) is 25.5. The molecule has 1 aliphatic heterocycles. The van der Waals surface area contributed by atoms with E-state index in [2.05, 4.69) is 90.1 Å². The van der Waals surface area contributed by atoms with Gasteiger partial charge in [-0.1, -0.05) is 72.8 Å². The number of hydrogen-bond donors (Lipinski definition) is 1. The monoisotopic (exact) mass is 485 g/mol. The molecule has 3 aromatic carbocycles. The van der Waals surface area contributed by atoms with Crippen LogP contribution in [0.4, 0.5) is 0 Å². The summed E-state index contributed by atoms with van der Waals surface area (Å²) >= 11 is 0. The zero-order valence-corrected chi connectivity index (χ0v) is 20.7. The molecule has 0 unspecified atom stereocenters. The number of amides is 1. The minimum atomic E-state index is -0.0496. The van der Waals surface area contributed by atoms with Crippen molar-refractivity contribution in [1.29, 1.82) is 0 Å². The molecule has 1 heterocycles. The number of hydrogen-bond acceptors (Lipinski definition) is 3. The highest BCUT2D eigenvalue weighted by Gasteiger charge is 2.54. The third kappa shape index (κ3) is 5.70. The molecule has 2 fully saturated rings. The molecule has 1 N–H and O–H groups in total. The van der Waals surface area contributed by atoms with Crippen LogP contribution >= 0.6 is 24.8 Å². The van der Waals surface area contributed by atoms with Crippen molar-refractivity contribution in [3.8, 4) is 0 Å². The number of rotatable bonds is 6. The fraction of sp³-hybridized carbons (Fsp3) is 0.370. The van der Waals surface area contributed by atoms with Gasteiger partial charge in [0.25, 0.3) is 0 Å². The summed E-state index contributed by atoms with van der Waals surface area (Å²) in [6, 6.07) is 26.0. The number of nitrogens with one attached hydrogen (secondary N) is 1. The Morgan fingerprint density at radius 1 is 0.909 bits per heavy atom. The van der Waals surface area contributed by atoms with Crippen molar-refractivity contribution in [2.24, 2.45) is 0 Å². The number of halogens is 2. The highest BCUT2D eigenvalue weighted by atomic mass is 35.5. The summed E-state index contributed by atoms with van der Waals surface area (Å²) in [5.74, 6) is 0.671. The summed E-state index contributed by atoms with van der Waals surface area (Å²) < 4.78 is 0. The molecule has 4 nitrogen and oxygen atoms in total. The Morgan fingerprint density at radius 2 is 1.58 bits per heavy atom. The molecule has 0 aromatic heterocycles. The van der Waals surface area contributed by atoms with Crippen molar-refractivity contribution in [1.82, 2.24) is 15.1 Å². The summed E-state index contributed by atoms with van der Waals surface area (Å²) in [6.07, 6.45) is 2.01. The lowest BCUT2D eigenvalue weighted by molar-refractivity contribution is -0.132. The summed E-state index contributed by atoms with van der Waals surface area (Å²) in [7, 11) is 2.12. The van der Waals surface area contributed by atoms with Crippen molar-refractivity contribution in [3.63, 3.8) is 0 Å². The van der Waals surface area contributed by atoms with E-state index in [-0.39, 0.29) is 36.3 Å². The summed E-state index contributed by atoms with van der Waals surface area (Å²) in [4.78, 5) is 17.2. The van der Waals surface area contributed by atoms with Crippen molar-refractivity contribution < 1.29 is 4.79 Å². The molecule has 3 aromatic rings. The topological polar surface area (TPSA) is 35.6 Å². The molecule has 176 valence electrons. The third-order valence-electron chi connectivity index (χ3n) is 7.06. The van der Waals surface area contributed by atoms with Crippen LogP contribution in [0.2, 0.25) is 0 Å². The van der Waals surface area contributed by atoms with E-state index in [4.69, 9.17) is 0 Å². The van der Waals surface area contributed by atoms with Crippen molar-refractivity contribution in [3.05, 3.63) is 83.9 Å². The number of benzene rings is 3. The van der Waals surface area contributed by atoms with E-state index in [9.17, 15) is 4.79 Å². The van der Waals surface area contributed by atoms with E-state index >= 15 is 0 Å². The summed E-state index contributed by atoms with van der Waals surface area (Å²) in [6.45, 7) is 4.00. The van der Waals surface area contributed by atoms with Gasteiger partial charge in [0.15, 0.2) is 0 Å². The Bertz CT molecular complexity index is 1070. The molecular weight excluding hydrogens is 453 g/mol. The number of fused-ring (bicyclic) bond motifs is 1. The fourth-order valence-corrected chi connectivity index (χ4v) is 5.01. The zero-order valence-electron chi connectivity index (χ0n) is 19.1. The Kier molecular flexibility index (Phi) is 8.41. The second kappa shape index (κ2) is 10.9. The van der Waals surface area contributed by atoms with Gasteiger partial charge in [-0.05, 0) is 41.8 Å². The molecule has 0 bridgehead atoms. The van der Waals surface area contributed by atoms with Crippen LogP contribution in [0.25, 0.3) is 10.8 Å². The summed E-state index contributed by atoms with van der Waals surface area (Å²) in [5.41, 5.74) is 2.64. The van der Waals surface area contributed by atoms with Crippen LogP contribution in [0.15, 0.2) is 72.8 Å². The quantitative estimate of drug-likeness (QED) is 0.557. The van der Waals surface area contributed by atoms with E-state index < -0.39 is 0 Å². The third-order valence-corrected chi connectivity index (χ3v) is 7.06. The number of nitrogens with zero attached hydrogens (tertiary/aromatic N) is 2. The van der Waals surface area contributed by atoms with E-state index in [1.54, 1.807) is 0 Å². The van der Waals surface area contributed by atoms with Crippen LogP contribution in [0.5, 0.6) is 0 Å². The number of carbonyl (C=O) groups is 1. The summed E-state index contributed by atoms with van der Waals surface area (Å²) in [5, 5.41) is 6.27. The molecule has 1 saturated heterocycles. The average molecular weight is 486 g/mol. The van der Waals surface area contributed by atoms with E-state index in [0.717, 1.165) is 39.0 Å². The van der Waals surface area contributed by atoms with Gasteiger partial charge in [0.05, 0.1) is 6.54 Å². The molecule has 1 saturated carbocycles. The predicted octanol–water partition coefficient (Wildman–Crippen LogP) is 4.52. The molecule has 33 heavy (non-hydrogen) atoms. The Morgan fingerprint density at radius 3 is 2.30 bits per heavy atom. The largest absolute Gasteiger partial charge is 0.339 e. The molecule has 6 heteroatoms. The molecule has 1 amide bonds. The number of likely N-dealkylation sites (N-methyl/N-ethyl adjacent to an activating group) is 1. The highest BCUT2D eigenvalue weighted by Crippen LogP contribution is 2.53. The minimum absolute atomic E-state index is 0. The maximum absolute atomic E-state index is 12.9. The van der Waals surface area contributed by atoms with Crippen LogP contribution in [-0.4, -0.2) is 61.0 Å². The lowest BCUT2D eigenvalue weighted by Gasteiger charge is -2.33. The van der Waals surface area contributed by atoms with Crippen molar-refractivity contribution in [2.45, 2.75) is 24.3 Å². The number of carbonyl (C=O) groups excluding carboxylic acids is 1. The van der Waals surface area contributed by atoms with Crippen LogP contribution in [-0.2, 0) is 11.2 Å². The number of piperazine rings is 1. The molecule has 2 aliphatic rings. The van der Waals surface area contributed by atoms with E-state index in [1.807, 2.05) is 4.90 Å². The van der Waals surface area contributed by atoms with Gasteiger partial charge < -0.3 is 15.1 Å². The molecule has 0 spiro atoms.